The molecule has 1 fully saturated rings. The number of nitriles is 1. The maximum Gasteiger partial charge on any atom is 0.330 e. The smallest absolute Gasteiger partial charge is 0.330 e. The summed E-state index contributed by atoms with van der Waals surface area (Å²) in [6.45, 7) is 0.956. The first-order valence-electron chi connectivity index (χ1n) is 11.4. The van der Waals surface area contributed by atoms with Crippen LogP contribution in [0.3, 0.4) is 0 Å². The number of benzene rings is 2. The highest BCUT2D eigenvalue weighted by molar-refractivity contribution is 5.66. The molecule has 4 rings (SSSR count). The van der Waals surface area contributed by atoms with Crippen LogP contribution in [0.5, 0.6) is 0 Å². The number of aromatic nitrogens is 2. The Morgan fingerprint density at radius 1 is 1.11 bits per heavy atom. The first-order valence-corrected chi connectivity index (χ1v) is 11.4. The van der Waals surface area contributed by atoms with Crippen LogP contribution in [0, 0.1) is 17.1 Å². The van der Waals surface area contributed by atoms with Crippen LogP contribution in [0.1, 0.15) is 24.3 Å². The number of carbonyl (C=O) groups excluding carboxylic acids is 1. The van der Waals surface area contributed by atoms with E-state index in [0.29, 0.717) is 6.20 Å². The summed E-state index contributed by atoms with van der Waals surface area (Å²) < 4.78 is 38.2. The molecule has 3 aromatic rings. The van der Waals surface area contributed by atoms with E-state index in [0.717, 1.165) is 22.6 Å². The van der Waals surface area contributed by atoms with E-state index in [1.165, 1.54) is 0 Å². The van der Waals surface area contributed by atoms with Crippen LogP contribution in [0.4, 0.5) is 4.39 Å². The summed E-state index contributed by atoms with van der Waals surface area (Å²) in [5.74, 6) is -2.01. The highest BCUT2D eigenvalue weighted by Gasteiger charge is 2.60. The highest BCUT2D eigenvalue weighted by atomic mass is 19.1. The first kappa shape index (κ1) is 26.0. The van der Waals surface area contributed by atoms with Crippen molar-refractivity contribution in [3.05, 3.63) is 105 Å². The van der Waals surface area contributed by atoms with Gasteiger partial charge in [-0.15, -0.1) is 0 Å². The average molecular weight is 509 g/mol. The SMILES string of the molecule is CC(=O)O[C@H]1[C@H](n2cc(F)c(=O)[nH]c2=O)O[C@](C#N)(COCc2ccccc2)[C@H]1OCc1ccccc1. The predicted molar refractivity (Wildman–Crippen MR) is 126 cm³/mol. The number of nitrogens with one attached hydrogen (secondary N) is 1. The summed E-state index contributed by atoms with van der Waals surface area (Å²) in [6.07, 6.45) is -3.47. The Morgan fingerprint density at radius 3 is 2.32 bits per heavy atom. The van der Waals surface area contributed by atoms with Gasteiger partial charge < -0.3 is 18.9 Å². The standard InChI is InChI=1S/C26H24FN3O7/c1-17(31)36-21-22(35-14-19-10-6-3-7-11-19)26(15-28,16-34-13-18-8-4-2-5-9-18)37-24(21)30-12-20(27)23(32)29-25(30)33/h2-12,21-22,24H,13-14,16H2,1H3,(H,29,32,33)/t21-,22+,24-,26-/m1/s1. The summed E-state index contributed by atoms with van der Waals surface area (Å²) in [5, 5.41) is 10.3. The number of hydrogen-bond donors (Lipinski definition) is 1. The molecule has 1 aromatic heterocycles. The first-order chi connectivity index (χ1) is 17.8. The quantitative estimate of drug-likeness (QED) is 0.434. The van der Waals surface area contributed by atoms with Crippen LogP contribution < -0.4 is 11.2 Å². The van der Waals surface area contributed by atoms with E-state index in [2.05, 4.69) is 6.07 Å². The van der Waals surface area contributed by atoms with E-state index >= 15 is 0 Å². The van der Waals surface area contributed by atoms with E-state index in [-0.39, 0.29) is 19.8 Å². The second kappa shape index (κ2) is 11.3. The van der Waals surface area contributed by atoms with Gasteiger partial charge in [0.15, 0.2) is 12.3 Å². The molecule has 4 atom stereocenters. The number of hydrogen-bond acceptors (Lipinski definition) is 8. The summed E-state index contributed by atoms with van der Waals surface area (Å²) in [4.78, 5) is 38.0. The third-order valence-corrected chi connectivity index (χ3v) is 5.76. The van der Waals surface area contributed by atoms with E-state index in [4.69, 9.17) is 18.9 Å². The zero-order valence-corrected chi connectivity index (χ0v) is 19.8. The van der Waals surface area contributed by atoms with Gasteiger partial charge in [0.25, 0.3) is 5.56 Å². The second-order valence-corrected chi connectivity index (χ2v) is 8.42. The second-order valence-electron chi connectivity index (χ2n) is 8.42. The number of aromatic amines is 1. The summed E-state index contributed by atoms with van der Waals surface area (Å²) >= 11 is 0. The number of ether oxygens (including phenoxy) is 4. The van der Waals surface area contributed by atoms with E-state index in [1.54, 1.807) is 24.3 Å². The monoisotopic (exact) mass is 509 g/mol. The molecule has 0 radical (unpaired) electrons. The lowest BCUT2D eigenvalue weighted by Gasteiger charge is -2.28. The van der Waals surface area contributed by atoms with Gasteiger partial charge in [-0.05, 0) is 11.1 Å². The Balaban J connectivity index is 1.71. The van der Waals surface area contributed by atoms with Gasteiger partial charge in [-0.1, -0.05) is 60.7 Å². The number of carbonyl (C=O) groups is 1. The maximum atomic E-state index is 14.1. The molecule has 1 N–H and O–H groups in total. The van der Waals surface area contributed by atoms with Gasteiger partial charge in [0.05, 0.1) is 26.0 Å². The zero-order valence-electron chi connectivity index (χ0n) is 19.8. The molecule has 1 saturated heterocycles. The number of H-pyrrole nitrogens is 1. The minimum absolute atomic E-state index is 0.0103. The van der Waals surface area contributed by atoms with E-state index < -0.39 is 47.1 Å². The van der Waals surface area contributed by atoms with Crippen LogP contribution in [0.2, 0.25) is 0 Å². The largest absolute Gasteiger partial charge is 0.455 e. The Morgan fingerprint density at radius 2 is 1.73 bits per heavy atom. The van der Waals surface area contributed by atoms with Gasteiger partial charge in [0.2, 0.25) is 11.4 Å². The molecule has 10 nitrogen and oxygen atoms in total. The summed E-state index contributed by atoms with van der Waals surface area (Å²) in [5.41, 5.74) is -2.51. The highest BCUT2D eigenvalue weighted by Crippen LogP contribution is 2.41. The molecule has 0 spiro atoms. The van der Waals surface area contributed by atoms with Gasteiger partial charge >= 0.3 is 11.7 Å². The lowest BCUT2D eigenvalue weighted by Crippen LogP contribution is -2.48. The fourth-order valence-corrected chi connectivity index (χ4v) is 4.06. The van der Waals surface area contributed by atoms with Gasteiger partial charge in [-0.2, -0.15) is 9.65 Å². The fraction of sp³-hybridized carbons (Fsp3) is 0.308. The zero-order chi connectivity index (χ0) is 26.4. The van der Waals surface area contributed by atoms with Crippen molar-refractivity contribution in [2.45, 2.75) is 44.2 Å². The molecule has 37 heavy (non-hydrogen) atoms. The average Bonchev–Trinajstić information content (AvgIpc) is 3.18. The molecule has 0 amide bonds. The lowest BCUT2D eigenvalue weighted by atomic mass is 9.97. The van der Waals surface area contributed by atoms with Crippen molar-refractivity contribution >= 4 is 5.97 Å². The Hall–Kier alpha value is -4.11. The number of nitrogens with zero attached hydrogens (tertiary/aromatic N) is 2. The number of halogens is 1. The molecule has 11 heteroatoms. The molecule has 1 aliphatic heterocycles. The van der Waals surface area contributed by atoms with Crippen molar-refractivity contribution in [2.75, 3.05) is 6.61 Å². The van der Waals surface area contributed by atoms with Gasteiger partial charge in [-0.3, -0.25) is 19.1 Å². The molecule has 1 aliphatic rings. The van der Waals surface area contributed by atoms with Crippen LogP contribution >= 0.6 is 0 Å². The summed E-state index contributed by atoms with van der Waals surface area (Å²) in [6, 6.07) is 20.3. The lowest BCUT2D eigenvalue weighted by molar-refractivity contribution is -0.158. The molecular weight excluding hydrogens is 485 g/mol. The summed E-state index contributed by atoms with van der Waals surface area (Å²) in [7, 11) is 0. The molecule has 192 valence electrons. The maximum absolute atomic E-state index is 14.1. The molecule has 2 heterocycles. The molecule has 0 aliphatic carbocycles. The Bertz CT molecular complexity index is 1390. The van der Waals surface area contributed by atoms with Gasteiger partial charge in [-0.25, -0.2) is 4.79 Å². The predicted octanol–water partition coefficient (Wildman–Crippen LogP) is 2.20. The van der Waals surface area contributed by atoms with Crippen molar-refractivity contribution in [3.63, 3.8) is 0 Å². The van der Waals surface area contributed by atoms with Crippen LogP contribution in [0.15, 0.2) is 76.4 Å². The van der Waals surface area contributed by atoms with Crippen LogP contribution in [0.25, 0.3) is 0 Å². The Kier molecular flexibility index (Phi) is 7.93. The van der Waals surface area contributed by atoms with Crippen LogP contribution in [-0.2, 0) is 37.0 Å². The van der Waals surface area contributed by atoms with Crippen molar-refractivity contribution < 1.29 is 28.1 Å². The van der Waals surface area contributed by atoms with Crippen LogP contribution in [-0.4, -0.2) is 39.9 Å². The number of rotatable bonds is 9. The fourth-order valence-electron chi connectivity index (χ4n) is 4.06. The third-order valence-electron chi connectivity index (χ3n) is 5.76. The van der Waals surface area contributed by atoms with E-state index in [9.17, 15) is 24.0 Å². The van der Waals surface area contributed by atoms with E-state index in [1.807, 2.05) is 41.4 Å². The van der Waals surface area contributed by atoms with Crippen molar-refractivity contribution in [3.8, 4) is 6.07 Å². The molecule has 0 saturated carbocycles. The Labute approximate surface area is 210 Å². The van der Waals surface area contributed by atoms with Gasteiger partial charge in [0, 0.05) is 6.92 Å². The topological polar surface area (TPSA) is 133 Å². The van der Waals surface area contributed by atoms with Crippen molar-refractivity contribution in [1.29, 1.82) is 5.26 Å². The molecular formula is C26H24FN3O7. The van der Waals surface area contributed by atoms with Crippen molar-refractivity contribution in [1.82, 2.24) is 9.55 Å². The molecule has 2 aromatic carbocycles. The minimum Gasteiger partial charge on any atom is -0.455 e. The third kappa shape index (κ3) is 5.83. The minimum atomic E-state index is -1.86. The number of esters is 1. The molecule has 0 bridgehead atoms. The van der Waals surface area contributed by atoms with Gasteiger partial charge in [0.1, 0.15) is 12.2 Å². The molecule has 0 unspecified atom stereocenters. The van der Waals surface area contributed by atoms with Crippen molar-refractivity contribution in [2.24, 2.45) is 0 Å². The normalized spacial score (nSPS) is 22.9.